The van der Waals surface area contributed by atoms with Crippen LogP contribution in [0.5, 0.6) is 0 Å². The molecule has 2 heteroatoms. The van der Waals surface area contributed by atoms with E-state index in [9.17, 15) is 0 Å². The standard InChI is InChI=1S/C15H19NS/c1-11-6-12(2)8-14(7-11)9-16-10-15-13(3)4-5-17-15/h4-8,16H,9-10H2,1-3H3. The van der Waals surface area contributed by atoms with E-state index in [0.717, 1.165) is 13.1 Å². The monoisotopic (exact) mass is 245 g/mol. The van der Waals surface area contributed by atoms with Gasteiger partial charge in [-0.1, -0.05) is 29.3 Å². The highest BCUT2D eigenvalue weighted by atomic mass is 32.1. The number of nitrogens with one attached hydrogen (secondary N) is 1. The van der Waals surface area contributed by atoms with Crippen LogP contribution in [0, 0.1) is 20.8 Å². The average Bonchev–Trinajstić information content (AvgIpc) is 2.63. The van der Waals surface area contributed by atoms with Crippen LogP contribution < -0.4 is 5.32 Å². The number of rotatable bonds is 4. The minimum atomic E-state index is 0.944. The summed E-state index contributed by atoms with van der Waals surface area (Å²) in [5, 5.41) is 5.67. The highest BCUT2D eigenvalue weighted by Crippen LogP contribution is 2.15. The molecule has 0 radical (unpaired) electrons. The van der Waals surface area contributed by atoms with Gasteiger partial charge in [-0.25, -0.2) is 0 Å². The Morgan fingerprint density at radius 3 is 2.29 bits per heavy atom. The summed E-state index contributed by atoms with van der Waals surface area (Å²) >= 11 is 1.83. The van der Waals surface area contributed by atoms with Crippen LogP contribution >= 0.6 is 11.3 Å². The van der Waals surface area contributed by atoms with E-state index in [1.807, 2.05) is 11.3 Å². The average molecular weight is 245 g/mol. The van der Waals surface area contributed by atoms with Crippen LogP contribution in [0.4, 0.5) is 0 Å². The van der Waals surface area contributed by atoms with E-state index >= 15 is 0 Å². The first-order valence-corrected chi connectivity index (χ1v) is 6.84. The largest absolute Gasteiger partial charge is 0.308 e. The first kappa shape index (κ1) is 12.3. The molecule has 0 aliphatic heterocycles. The number of thiophene rings is 1. The molecule has 0 saturated heterocycles. The van der Waals surface area contributed by atoms with Crippen LogP contribution in [0.25, 0.3) is 0 Å². The Bertz CT molecular complexity index is 479. The third kappa shape index (κ3) is 3.42. The smallest absolute Gasteiger partial charge is 0.0305 e. The van der Waals surface area contributed by atoms with Gasteiger partial charge < -0.3 is 5.32 Å². The highest BCUT2D eigenvalue weighted by Gasteiger charge is 2.00. The van der Waals surface area contributed by atoms with Gasteiger partial charge in [0.1, 0.15) is 0 Å². The zero-order valence-electron chi connectivity index (χ0n) is 10.7. The van der Waals surface area contributed by atoms with Crippen LogP contribution in [0.15, 0.2) is 29.6 Å². The summed E-state index contributed by atoms with van der Waals surface area (Å²) in [5.74, 6) is 0. The lowest BCUT2D eigenvalue weighted by Gasteiger charge is -2.07. The van der Waals surface area contributed by atoms with Gasteiger partial charge in [0.2, 0.25) is 0 Å². The molecule has 0 aliphatic rings. The molecule has 17 heavy (non-hydrogen) atoms. The number of aryl methyl sites for hydroxylation is 3. The van der Waals surface area contributed by atoms with Gasteiger partial charge >= 0.3 is 0 Å². The second-order valence-electron chi connectivity index (χ2n) is 4.63. The van der Waals surface area contributed by atoms with Gasteiger partial charge in [-0.2, -0.15) is 0 Å². The molecule has 1 aromatic carbocycles. The van der Waals surface area contributed by atoms with Gasteiger partial charge in [-0.05, 0) is 43.3 Å². The Kier molecular flexibility index (Phi) is 3.97. The Morgan fingerprint density at radius 1 is 1.00 bits per heavy atom. The molecular formula is C15H19NS. The predicted molar refractivity (Wildman–Crippen MR) is 75.5 cm³/mol. The first-order valence-electron chi connectivity index (χ1n) is 5.96. The summed E-state index contributed by atoms with van der Waals surface area (Å²) in [6, 6.07) is 8.90. The van der Waals surface area contributed by atoms with Gasteiger partial charge in [0, 0.05) is 18.0 Å². The third-order valence-electron chi connectivity index (χ3n) is 2.86. The topological polar surface area (TPSA) is 12.0 Å². The van der Waals surface area contributed by atoms with Gasteiger partial charge in [0.15, 0.2) is 0 Å². The molecule has 2 aromatic rings. The van der Waals surface area contributed by atoms with Crippen molar-refractivity contribution in [1.29, 1.82) is 0 Å². The van der Waals surface area contributed by atoms with Crippen molar-refractivity contribution in [3.63, 3.8) is 0 Å². The van der Waals surface area contributed by atoms with Gasteiger partial charge in [0.05, 0.1) is 0 Å². The normalized spacial score (nSPS) is 10.8. The Labute approximate surface area is 108 Å². The molecule has 90 valence electrons. The Hall–Kier alpha value is -1.12. The molecule has 2 rings (SSSR count). The lowest BCUT2D eigenvalue weighted by atomic mass is 10.1. The zero-order valence-corrected chi connectivity index (χ0v) is 11.5. The molecule has 1 N–H and O–H groups in total. The quantitative estimate of drug-likeness (QED) is 0.859. The molecule has 0 saturated carbocycles. The third-order valence-corrected chi connectivity index (χ3v) is 3.89. The van der Waals surface area contributed by atoms with E-state index in [1.54, 1.807) is 0 Å². The zero-order chi connectivity index (χ0) is 12.3. The van der Waals surface area contributed by atoms with E-state index in [4.69, 9.17) is 0 Å². The highest BCUT2D eigenvalue weighted by molar-refractivity contribution is 7.10. The maximum absolute atomic E-state index is 3.51. The van der Waals surface area contributed by atoms with E-state index in [-0.39, 0.29) is 0 Å². The van der Waals surface area contributed by atoms with Crippen LogP contribution in [0.3, 0.4) is 0 Å². The SMILES string of the molecule is Cc1cc(C)cc(CNCc2sccc2C)c1. The molecule has 0 fully saturated rings. The Morgan fingerprint density at radius 2 is 1.71 bits per heavy atom. The predicted octanol–water partition coefficient (Wildman–Crippen LogP) is 3.96. The summed E-state index contributed by atoms with van der Waals surface area (Å²) in [6.07, 6.45) is 0. The minimum absolute atomic E-state index is 0.944. The molecule has 0 aliphatic carbocycles. The summed E-state index contributed by atoms with van der Waals surface area (Å²) in [4.78, 5) is 1.44. The number of hydrogen-bond acceptors (Lipinski definition) is 2. The molecule has 0 bridgehead atoms. The van der Waals surface area contributed by atoms with E-state index in [2.05, 4.69) is 55.7 Å². The minimum Gasteiger partial charge on any atom is -0.308 e. The molecule has 1 aromatic heterocycles. The molecule has 0 spiro atoms. The molecule has 1 nitrogen and oxygen atoms in total. The molecule has 0 amide bonds. The van der Waals surface area contributed by atoms with E-state index in [1.165, 1.54) is 27.1 Å². The molecule has 0 unspecified atom stereocenters. The van der Waals surface area contributed by atoms with Crippen molar-refractivity contribution in [2.45, 2.75) is 33.9 Å². The van der Waals surface area contributed by atoms with E-state index < -0.39 is 0 Å². The van der Waals surface area contributed by atoms with Crippen molar-refractivity contribution < 1.29 is 0 Å². The number of benzene rings is 1. The summed E-state index contributed by atoms with van der Waals surface area (Å²) < 4.78 is 0. The summed E-state index contributed by atoms with van der Waals surface area (Å²) in [7, 11) is 0. The van der Waals surface area contributed by atoms with Crippen LogP contribution in [-0.2, 0) is 13.1 Å². The van der Waals surface area contributed by atoms with Crippen LogP contribution in [0.2, 0.25) is 0 Å². The fourth-order valence-electron chi connectivity index (χ4n) is 2.08. The maximum Gasteiger partial charge on any atom is 0.0305 e. The van der Waals surface area contributed by atoms with Crippen molar-refractivity contribution in [1.82, 2.24) is 5.32 Å². The van der Waals surface area contributed by atoms with E-state index in [0.29, 0.717) is 0 Å². The molecular weight excluding hydrogens is 226 g/mol. The van der Waals surface area contributed by atoms with Crippen LogP contribution in [-0.4, -0.2) is 0 Å². The lowest BCUT2D eigenvalue weighted by molar-refractivity contribution is 0.698. The second-order valence-corrected chi connectivity index (χ2v) is 5.63. The Balaban J connectivity index is 1.92. The second kappa shape index (κ2) is 5.48. The summed E-state index contributed by atoms with van der Waals surface area (Å²) in [5.41, 5.74) is 5.45. The van der Waals surface area contributed by atoms with Crippen molar-refractivity contribution >= 4 is 11.3 Å². The van der Waals surface area contributed by atoms with Gasteiger partial charge in [-0.15, -0.1) is 11.3 Å². The van der Waals surface area contributed by atoms with Gasteiger partial charge in [0.25, 0.3) is 0 Å². The summed E-state index contributed by atoms with van der Waals surface area (Å²) in [6.45, 7) is 8.39. The fraction of sp³-hybridized carbons (Fsp3) is 0.333. The first-order chi connectivity index (χ1) is 8.15. The maximum atomic E-state index is 3.51. The lowest BCUT2D eigenvalue weighted by Crippen LogP contribution is -2.12. The molecule has 1 heterocycles. The van der Waals surface area contributed by atoms with Crippen molar-refractivity contribution in [3.8, 4) is 0 Å². The van der Waals surface area contributed by atoms with Gasteiger partial charge in [-0.3, -0.25) is 0 Å². The number of hydrogen-bond donors (Lipinski definition) is 1. The fourth-order valence-corrected chi connectivity index (χ4v) is 2.95. The van der Waals surface area contributed by atoms with Crippen LogP contribution in [0.1, 0.15) is 27.1 Å². The van der Waals surface area contributed by atoms with Crippen molar-refractivity contribution in [2.75, 3.05) is 0 Å². The van der Waals surface area contributed by atoms with Crippen molar-refractivity contribution in [3.05, 3.63) is 56.8 Å². The van der Waals surface area contributed by atoms with Crippen molar-refractivity contribution in [2.24, 2.45) is 0 Å². The molecule has 0 atom stereocenters.